The second kappa shape index (κ2) is 11.8. The smallest absolute Gasteiger partial charge is 0.361 e. The van der Waals surface area contributed by atoms with Crippen molar-refractivity contribution in [1.29, 1.82) is 0 Å². The van der Waals surface area contributed by atoms with Crippen LogP contribution in [0.5, 0.6) is 0 Å². The lowest BCUT2D eigenvalue weighted by molar-refractivity contribution is -0.189. The lowest BCUT2D eigenvalue weighted by Crippen LogP contribution is -2.58. The normalized spacial score (nSPS) is 17.5. The number of para-hydroxylation sites is 1. The zero-order chi connectivity index (χ0) is 33.8. The first-order valence-electron chi connectivity index (χ1n) is 14.5. The van der Waals surface area contributed by atoms with Gasteiger partial charge in [-0.2, -0.15) is 34.8 Å². The van der Waals surface area contributed by atoms with Crippen molar-refractivity contribution in [1.82, 2.24) is 14.8 Å². The van der Waals surface area contributed by atoms with Crippen molar-refractivity contribution in [3.8, 4) is 0 Å². The van der Waals surface area contributed by atoms with Gasteiger partial charge < -0.3 is 14.8 Å². The molecule has 2 aliphatic heterocycles. The molecule has 3 heterocycles. The molecule has 2 amide bonds. The number of likely N-dealkylation sites (tertiary alicyclic amines) is 1. The van der Waals surface area contributed by atoms with Gasteiger partial charge >= 0.3 is 27.6 Å². The van der Waals surface area contributed by atoms with E-state index in [-0.39, 0.29) is 54.5 Å². The number of rotatable bonds is 7. The number of alkyl halides is 6. The lowest BCUT2D eigenvalue weighted by atomic mass is 9.74. The minimum atomic E-state index is -5.84. The Morgan fingerprint density at radius 3 is 2.28 bits per heavy atom. The monoisotopic (exact) mass is 676 g/mol. The van der Waals surface area contributed by atoms with Crippen molar-refractivity contribution < 1.29 is 48.7 Å². The number of carbonyl (C=O) groups excluding carboxylic acids is 2. The Kier molecular flexibility index (Phi) is 8.58. The average Bonchev–Trinajstić information content (AvgIpc) is 3.52. The number of nitrogens with one attached hydrogen (secondary N) is 1. The molecule has 0 unspecified atom stereocenters. The van der Waals surface area contributed by atoms with E-state index in [1.54, 1.807) is 44.3 Å². The van der Waals surface area contributed by atoms with E-state index in [0.717, 1.165) is 18.2 Å². The summed E-state index contributed by atoms with van der Waals surface area (Å²) in [6, 6.07) is 8.15. The molecule has 8 nitrogen and oxygen atoms in total. The van der Waals surface area contributed by atoms with Crippen LogP contribution in [0.25, 0.3) is 10.9 Å². The Balaban J connectivity index is 1.47. The number of sulfonamides is 1. The molecule has 2 aromatic carbocycles. The highest BCUT2D eigenvalue weighted by Crippen LogP contribution is 2.50. The molecule has 46 heavy (non-hydrogen) atoms. The van der Waals surface area contributed by atoms with Crippen LogP contribution in [0.4, 0.5) is 36.4 Å². The second-order valence-corrected chi connectivity index (χ2v) is 14.0. The third kappa shape index (κ3) is 6.02. The maximum absolute atomic E-state index is 14.3. The van der Waals surface area contributed by atoms with Crippen molar-refractivity contribution in [2.24, 2.45) is 5.92 Å². The zero-order valence-electron chi connectivity index (χ0n) is 24.8. The van der Waals surface area contributed by atoms with Gasteiger partial charge in [-0.1, -0.05) is 32.0 Å². The number of aromatic nitrogens is 1. The van der Waals surface area contributed by atoms with Crippen LogP contribution < -0.4 is 4.31 Å². The van der Waals surface area contributed by atoms with Crippen molar-refractivity contribution in [2.75, 3.05) is 30.5 Å². The van der Waals surface area contributed by atoms with Gasteiger partial charge in [0.25, 0.3) is 0 Å². The van der Waals surface area contributed by atoms with E-state index in [1.165, 1.54) is 4.90 Å². The topological polar surface area (TPSA) is 93.8 Å². The van der Waals surface area contributed by atoms with Gasteiger partial charge in [0.1, 0.15) is 11.9 Å². The Morgan fingerprint density at radius 2 is 1.67 bits per heavy atom. The highest BCUT2D eigenvalue weighted by Gasteiger charge is 2.57. The van der Waals surface area contributed by atoms with Crippen molar-refractivity contribution in [2.45, 2.75) is 56.3 Å². The molecule has 1 spiro atoms. The van der Waals surface area contributed by atoms with E-state index in [2.05, 4.69) is 4.98 Å². The second-order valence-electron chi connectivity index (χ2n) is 12.2. The number of hydrogen-bond acceptors (Lipinski definition) is 4. The summed E-state index contributed by atoms with van der Waals surface area (Å²) in [6.07, 6.45) is -4.18. The van der Waals surface area contributed by atoms with Gasteiger partial charge in [-0.05, 0) is 54.2 Å². The van der Waals surface area contributed by atoms with Gasteiger partial charge in [-0.25, -0.2) is 4.39 Å². The number of nitrogens with zero attached hydrogens (tertiary/aromatic N) is 3. The molecule has 0 bridgehead atoms. The van der Waals surface area contributed by atoms with Gasteiger partial charge in [-0.15, -0.1) is 0 Å². The molecule has 1 N–H and O–H groups in total. The number of H-pyrrole nitrogens is 1. The molecule has 2 aliphatic rings. The Morgan fingerprint density at radius 1 is 1.02 bits per heavy atom. The Hall–Kier alpha value is -3.82. The molecule has 250 valence electrons. The Labute approximate surface area is 260 Å². The molecule has 0 saturated carbocycles. The third-order valence-corrected chi connectivity index (χ3v) is 10.2. The van der Waals surface area contributed by atoms with E-state index >= 15 is 0 Å². The van der Waals surface area contributed by atoms with Gasteiger partial charge in [0, 0.05) is 55.1 Å². The van der Waals surface area contributed by atoms with Crippen LogP contribution >= 0.6 is 0 Å². The number of carbonyl (C=O) groups is 2. The third-order valence-electron chi connectivity index (χ3n) is 8.67. The summed E-state index contributed by atoms with van der Waals surface area (Å²) in [7, 11) is -5.84. The van der Waals surface area contributed by atoms with Gasteiger partial charge in [0.2, 0.25) is 5.91 Å². The predicted molar refractivity (Wildman–Crippen MR) is 155 cm³/mol. The van der Waals surface area contributed by atoms with Crippen LogP contribution in [0.1, 0.15) is 37.8 Å². The molecule has 1 saturated heterocycles. The van der Waals surface area contributed by atoms with Crippen LogP contribution in [0.15, 0.2) is 48.7 Å². The fourth-order valence-corrected chi connectivity index (χ4v) is 7.56. The maximum atomic E-state index is 14.3. The molecule has 16 heteroatoms. The molecule has 3 aromatic rings. The van der Waals surface area contributed by atoms with Crippen LogP contribution in [0.3, 0.4) is 0 Å². The molecule has 1 atom stereocenters. The number of hydrogen-bond donors (Lipinski definition) is 1. The van der Waals surface area contributed by atoms with Gasteiger partial charge in [0.15, 0.2) is 0 Å². The standard InChI is InChI=1S/C30H31F7N4O4S/c1-18(2)16-40(27(43)29(32,33)34)25(13-19-15-38-23-6-4-3-5-21(19)23)26(42)39-11-9-28(10-12-39)17-41(46(44,45)30(35,36)37)24-8-7-20(31)14-22(24)28/h3-8,14-15,18,25,38H,9-13,16-17H2,1-2H3/t25-/m1/s1. The zero-order valence-corrected chi connectivity index (χ0v) is 25.6. The maximum Gasteiger partial charge on any atom is 0.516 e. The van der Waals surface area contributed by atoms with Crippen LogP contribution in [0.2, 0.25) is 0 Å². The number of benzene rings is 2. The van der Waals surface area contributed by atoms with Crippen LogP contribution in [-0.4, -0.2) is 78.9 Å². The van der Waals surface area contributed by atoms with Crippen molar-refractivity contribution in [3.63, 3.8) is 0 Å². The highest BCUT2D eigenvalue weighted by molar-refractivity contribution is 7.93. The number of fused-ring (bicyclic) bond motifs is 3. The number of aromatic amines is 1. The first-order valence-corrected chi connectivity index (χ1v) is 15.9. The minimum Gasteiger partial charge on any atom is -0.361 e. The SMILES string of the molecule is CC(C)CN(C(=O)C(F)(F)F)[C@H](Cc1c[nH]c2ccccc12)C(=O)N1CCC2(CC1)CN(S(=O)(=O)C(F)(F)F)c1ccc(F)cc12. The fourth-order valence-electron chi connectivity index (χ4n) is 6.48. The van der Waals surface area contributed by atoms with E-state index in [4.69, 9.17) is 0 Å². The predicted octanol–water partition coefficient (Wildman–Crippen LogP) is 5.50. The average molecular weight is 677 g/mol. The largest absolute Gasteiger partial charge is 0.516 e. The molecular weight excluding hydrogens is 645 g/mol. The number of amides is 2. The summed E-state index contributed by atoms with van der Waals surface area (Å²) < 4.78 is 122. The quantitative estimate of drug-likeness (QED) is 0.335. The molecule has 1 fully saturated rings. The molecule has 0 aliphatic carbocycles. The Bertz CT molecular complexity index is 1750. The molecule has 1 aromatic heterocycles. The van der Waals surface area contributed by atoms with Gasteiger partial charge in [0.05, 0.1) is 5.69 Å². The van der Waals surface area contributed by atoms with E-state index in [9.17, 15) is 48.7 Å². The number of piperidine rings is 1. The van der Waals surface area contributed by atoms with Crippen LogP contribution in [0, 0.1) is 11.7 Å². The van der Waals surface area contributed by atoms with E-state index in [0.29, 0.717) is 21.4 Å². The fraction of sp³-hybridized carbons (Fsp3) is 0.467. The molecule has 5 rings (SSSR count). The summed E-state index contributed by atoms with van der Waals surface area (Å²) in [5.41, 5.74) is -6.03. The first-order chi connectivity index (χ1) is 21.4. The van der Waals surface area contributed by atoms with Crippen LogP contribution in [-0.2, 0) is 31.4 Å². The first kappa shape index (κ1) is 33.5. The lowest BCUT2D eigenvalue weighted by Gasteiger charge is -2.42. The van der Waals surface area contributed by atoms with E-state index < -0.39 is 63.3 Å². The van der Waals surface area contributed by atoms with E-state index in [1.807, 2.05) is 0 Å². The summed E-state index contributed by atoms with van der Waals surface area (Å²) in [5.74, 6) is -4.21. The summed E-state index contributed by atoms with van der Waals surface area (Å²) in [6.45, 7) is 1.80. The molecular formula is C30H31F7N4O4S. The summed E-state index contributed by atoms with van der Waals surface area (Å²) in [5, 5.41) is 0.650. The number of halogens is 7. The minimum absolute atomic E-state index is 0.0384. The number of anilines is 1. The van der Waals surface area contributed by atoms with Crippen molar-refractivity contribution in [3.05, 3.63) is 65.6 Å². The summed E-state index contributed by atoms with van der Waals surface area (Å²) >= 11 is 0. The molecule has 0 radical (unpaired) electrons. The van der Waals surface area contributed by atoms with Gasteiger partial charge in [-0.3, -0.25) is 13.9 Å². The highest BCUT2D eigenvalue weighted by atomic mass is 32.2. The summed E-state index contributed by atoms with van der Waals surface area (Å²) in [4.78, 5) is 31.6. The van der Waals surface area contributed by atoms with Crippen molar-refractivity contribution >= 4 is 38.4 Å².